The number of hydrazine groups is 1. The Hall–Kier alpha value is -2.50. The highest BCUT2D eigenvalue weighted by Crippen LogP contribution is 2.35. The van der Waals surface area contributed by atoms with Gasteiger partial charge >= 0.3 is 0 Å². The van der Waals surface area contributed by atoms with Crippen molar-refractivity contribution >= 4 is 10.9 Å². The summed E-state index contributed by atoms with van der Waals surface area (Å²) in [6, 6.07) is 13.6. The lowest BCUT2D eigenvalue weighted by atomic mass is 10.0. The Kier molecular flexibility index (Phi) is 4.00. The number of nitrogens with one attached hydrogen (secondary N) is 2. The molecule has 0 saturated heterocycles. The third kappa shape index (κ3) is 2.52. The molecule has 0 unspecified atom stereocenters. The number of nitrogens with two attached hydrogens (primary N) is 1. The molecule has 0 bridgehead atoms. The van der Waals surface area contributed by atoms with Gasteiger partial charge in [0.2, 0.25) is 0 Å². The Morgan fingerprint density at radius 3 is 2.77 bits per heavy atom. The molecule has 0 aliphatic heterocycles. The number of rotatable bonds is 5. The first-order valence-corrected chi connectivity index (χ1v) is 7.15. The number of methoxy groups -OCH3 is 1. The molecule has 3 rings (SSSR count). The summed E-state index contributed by atoms with van der Waals surface area (Å²) in [6.45, 7) is 0.678. The van der Waals surface area contributed by atoms with E-state index in [-0.39, 0.29) is 5.75 Å². The van der Waals surface area contributed by atoms with Crippen molar-refractivity contribution in [2.45, 2.75) is 6.42 Å². The van der Waals surface area contributed by atoms with Crippen LogP contribution in [0.25, 0.3) is 22.2 Å². The zero-order valence-electron chi connectivity index (χ0n) is 12.4. The maximum absolute atomic E-state index is 10.0. The average molecular weight is 297 g/mol. The molecule has 0 fully saturated rings. The van der Waals surface area contributed by atoms with E-state index in [1.165, 1.54) is 18.1 Å². The highest BCUT2D eigenvalue weighted by atomic mass is 16.5. The van der Waals surface area contributed by atoms with Crippen molar-refractivity contribution in [2.75, 3.05) is 13.7 Å². The van der Waals surface area contributed by atoms with Gasteiger partial charge in [-0.05, 0) is 36.2 Å². The summed E-state index contributed by atoms with van der Waals surface area (Å²) in [6.07, 6.45) is 0.794. The van der Waals surface area contributed by atoms with E-state index in [4.69, 9.17) is 10.6 Å². The molecule has 3 aromatic rings. The van der Waals surface area contributed by atoms with Gasteiger partial charge in [-0.2, -0.15) is 0 Å². The molecule has 1 aromatic heterocycles. The average Bonchev–Trinajstić information content (AvgIpc) is 2.91. The van der Waals surface area contributed by atoms with Crippen LogP contribution >= 0.6 is 0 Å². The van der Waals surface area contributed by atoms with E-state index in [0.29, 0.717) is 12.3 Å². The molecule has 5 nitrogen and oxygen atoms in total. The van der Waals surface area contributed by atoms with Crippen LogP contribution in [0, 0.1) is 0 Å². The zero-order valence-corrected chi connectivity index (χ0v) is 12.4. The second-order valence-electron chi connectivity index (χ2n) is 5.11. The van der Waals surface area contributed by atoms with Gasteiger partial charge in [-0.1, -0.05) is 18.2 Å². The Morgan fingerprint density at radius 1 is 1.23 bits per heavy atom. The van der Waals surface area contributed by atoms with Crippen LogP contribution in [-0.2, 0) is 6.42 Å². The maximum Gasteiger partial charge on any atom is 0.160 e. The van der Waals surface area contributed by atoms with E-state index in [0.717, 1.165) is 23.2 Å². The van der Waals surface area contributed by atoms with Crippen LogP contribution in [0.1, 0.15) is 5.56 Å². The van der Waals surface area contributed by atoms with Gasteiger partial charge in [-0.15, -0.1) is 0 Å². The highest BCUT2D eigenvalue weighted by Gasteiger charge is 2.14. The van der Waals surface area contributed by atoms with E-state index in [1.54, 1.807) is 12.1 Å². The van der Waals surface area contributed by atoms with Gasteiger partial charge in [0, 0.05) is 28.7 Å². The summed E-state index contributed by atoms with van der Waals surface area (Å²) < 4.78 is 5.10. The summed E-state index contributed by atoms with van der Waals surface area (Å²) in [5, 5.41) is 11.2. The number of H-pyrrole nitrogens is 1. The lowest BCUT2D eigenvalue weighted by Crippen LogP contribution is -2.24. The third-order valence-corrected chi connectivity index (χ3v) is 3.80. The van der Waals surface area contributed by atoms with Crippen molar-refractivity contribution in [1.29, 1.82) is 0 Å². The minimum Gasteiger partial charge on any atom is -0.504 e. The number of aromatic hydroxyl groups is 1. The van der Waals surface area contributed by atoms with E-state index < -0.39 is 0 Å². The van der Waals surface area contributed by atoms with Gasteiger partial charge in [0.15, 0.2) is 11.5 Å². The predicted octanol–water partition coefficient (Wildman–Crippen LogP) is 2.55. The monoisotopic (exact) mass is 297 g/mol. The molecule has 2 aromatic carbocycles. The minimum atomic E-state index is 0.126. The quantitative estimate of drug-likeness (QED) is 0.431. The van der Waals surface area contributed by atoms with Crippen LogP contribution in [-0.4, -0.2) is 23.7 Å². The number of phenolic OH excluding ortho intramolecular Hbond substituents is 1. The Balaban J connectivity index is 2.14. The van der Waals surface area contributed by atoms with Crippen LogP contribution in [0.5, 0.6) is 11.5 Å². The van der Waals surface area contributed by atoms with Crippen molar-refractivity contribution in [3.05, 3.63) is 48.0 Å². The second-order valence-corrected chi connectivity index (χ2v) is 5.11. The largest absolute Gasteiger partial charge is 0.504 e. The van der Waals surface area contributed by atoms with Crippen molar-refractivity contribution in [1.82, 2.24) is 10.4 Å². The number of benzene rings is 2. The van der Waals surface area contributed by atoms with Gasteiger partial charge in [0.25, 0.3) is 0 Å². The fourth-order valence-electron chi connectivity index (χ4n) is 2.75. The van der Waals surface area contributed by atoms with Crippen molar-refractivity contribution in [3.63, 3.8) is 0 Å². The van der Waals surface area contributed by atoms with Crippen LogP contribution in [0.2, 0.25) is 0 Å². The summed E-state index contributed by atoms with van der Waals surface area (Å²) in [7, 11) is 1.54. The van der Waals surface area contributed by atoms with Crippen molar-refractivity contribution < 1.29 is 9.84 Å². The normalized spacial score (nSPS) is 11.0. The molecule has 0 saturated carbocycles. The van der Waals surface area contributed by atoms with Gasteiger partial charge < -0.3 is 14.8 Å². The van der Waals surface area contributed by atoms with E-state index in [1.807, 2.05) is 24.3 Å². The van der Waals surface area contributed by atoms with Gasteiger partial charge in [0.1, 0.15) is 0 Å². The number of hydrogen-bond acceptors (Lipinski definition) is 4. The van der Waals surface area contributed by atoms with Crippen molar-refractivity contribution in [2.24, 2.45) is 5.84 Å². The third-order valence-electron chi connectivity index (χ3n) is 3.80. The number of aromatic amines is 1. The molecule has 5 N–H and O–H groups in total. The molecule has 0 aliphatic rings. The number of hydrogen-bond donors (Lipinski definition) is 4. The molecule has 114 valence electrons. The number of phenols is 1. The Labute approximate surface area is 128 Å². The van der Waals surface area contributed by atoms with E-state index >= 15 is 0 Å². The summed E-state index contributed by atoms with van der Waals surface area (Å²) in [5.74, 6) is 6.01. The molecule has 0 radical (unpaired) electrons. The van der Waals surface area contributed by atoms with Gasteiger partial charge in [0.05, 0.1) is 7.11 Å². The molecule has 0 atom stereocenters. The molecule has 5 heteroatoms. The highest BCUT2D eigenvalue weighted by molar-refractivity contribution is 5.91. The summed E-state index contributed by atoms with van der Waals surface area (Å²) in [5.41, 5.74) is 6.86. The lowest BCUT2D eigenvalue weighted by Gasteiger charge is -2.08. The number of para-hydroxylation sites is 1. The van der Waals surface area contributed by atoms with E-state index in [2.05, 4.69) is 16.5 Å². The van der Waals surface area contributed by atoms with Crippen molar-refractivity contribution in [3.8, 4) is 22.8 Å². The smallest absolute Gasteiger partial charge is 0.160 e. The summed E-state index contributed by atoms with van der Waals surface area (Å²) >= 11 is 0. The van der Waals surface area contributed by atoms with Gasteiger partial charge in [-0.25, -0.2) is 0 Å². The summed E-state index contributed by atoms with van der Waals surface area (Å²) in [4.78, 5) is 3.43. The number of aromatic nitrogens is 1. The van der Waals surface area contributed by atoms with Gasteiger partial charge in [-0.3, -0.25) is 11.3 Å². The zero-order chi connectivity index (χ0) is 15.5. The fourth-order valence-corrected chi connectivity index (χ4v) is 2.75. The Bertz CT molecular complexity index is 796. The van der Waals surface area contributed by atoms with Crippen LogP contribution in [0.3, 0.4) is 0 Å². The standard InChI is InChI=1S/C17H19N3O2/c1-22-16-7-6-11(10-15(16)21)17-13(8-9-19-18)12-4-2-3-5-14(12)20-17/h2-7,10,19-21H,8-9,18H2,1H3. The van der Waals surface area contributed by atoms with Crippen LogP contribution in [0.4, 0.5) is 0 Å². The fraction of sp³-hybridized carbons (Fsp3) is 0.176. The van der Waals surface area contributed by atoms with Crippen LogP contribution in [0.15, 0.2) is 42.5 Å². The van der Waals surface area contributed by atoms with E-state index in [9.17, 15) is 5.11 Å². The Morgan fingerprint density at radius 2 is 2.05 bits per heavy atom. The van der Waals surface area contributed by atoms with Crippen LogP contribution < -0.4 is 16.0 Å². The molecule has 1 heterocycles. The minimum absolute atomic E-state index is 0.126. The second kappa shape index (κ2) is 6.09. The first-order chi connectivity index (χ1) is 10.7. The molecule has 0 spiro atoms. The first kappa shape index (κ1) is 14.4. The topological polar surface area (TPSA) is 83.3 Å². The maximum atomic E-state index is 10.0. The number of ether oxygens (including phenoxy) is 1. The molecule has 0 aliphatic carbocycles. The SMILES string of the molecule is COc1ccc(-c2[nH]c3ccccc3c2CCNN)cc1O. The first-order valence-electron chi connectivity index (χ1n) is 7.15. The molecule has 22 heavy (non-hydrogen) atoms. The molecular formula is C17H19N3O2. The lowest BCUT2D eigenvalue weighted by molar-refractivity contribution is 0.373. The molecule has 0 amide bonds. The number of fused-ring (bicyclic) bond motifs is 1. The predicted molar refractivity (Wildman–Crippen MR) is 87.8 cm³/mol. The molecular weight excluding hydrogens is 278 g/mol.